The summed E-state index contributed by atoms with van der Waals surface area (Å²) in [4.78, 5) is 21.0. The standard InChI is InChI=1S/C19H17Cl2N3O2/c1-10(2)26-17-11(3)9-23-16-12(17)5-4-6-14(16)24-19(25)15-13(20)7-8-22-18(15)21/h4-10H,1-3H3,(H,24,25). The highest BCUT2D eigenvalue weighted by Gasteiger charge is 2.18. The van der Waals surface area contributed by atoms with Crippen LogP contribution >= 0.6 is 23.2 Å². The van der Waals surface area contributed by atoms with Gasteiger partial charge in [0.1, 0.15) is 10.9 Å². The number of benzene rings is 1. The van der Waals surface area contributed by atoms with Gasteiger partial charge in [0, 0.05) is 23.3 Å². The number of nitrogens with one attached hydrogen (secondary N) is 1. The van der Waals surface area contributed by atoms with E-state index in [1.54, 1.807) is 12.3 Å². The van der Waals surface area contributed by atoms with Crippen LogP contribution in [-0.4, -0.2) is 22.0 Å². The van der Waals surface area contributed by atoms with Crippen LogP contribution in [-0.2, 0) is 0 Å². The first-order chi connectivity index (χ1) is 12.4. The third kappa shape index (κ3) is 3.59. The van der Waals surface area contributed by atoms with Gasteiger partial charge in [-0.2, -0.15) is 0 Å². The van der Waals surface area contributed by atoms with Gasteiger partial charge in [-0.3, -0.25) is 9.78 Å². The number of hydrogen-bond donors (Lipinski definition) is 1. The molecule has 0 radical (unpaired) electrons. The summed E-state index contributed by atoms with van der Waals surface area (Å²) in [6, 6.07) is 7.02. The largest absolute Gasteiger partial charge is 0.490 e. The monoisotopic (exact) mass is 389 g/mol. The predicted molar refractivity (Wildman–Crippen MR) is 104 cm³/mol. The Labute approximate surface area is 161 Å². The minimum atomic E-state index is -0.450. The van der Waals surface area contributed by atoms with Crippen LogP contribution in [0, 0.1) is 6.92 Å². The van der Waals surface area contributed by atoms with Crippen LogP contribution in [0.3, 0.4) is 0 Å². The first-order valence-electron chi connectivity index (χ1n) is 8.04. The maximum absolute atomic E-state index is 12.7. The number of halogens is 2. The highest BCUT2D eigenvalue weighted by atomic mass is 35.5. The number of carbonyl (C=O) groups excluding carboxylic acids is 1. The molecule has 26 heavy (non-hydrogen) atoms. The third-order valence-corrected chi connectivity index (χ3v) is 4.31. The molecule has 0 saturated heterocycles. The van der Waals surface area contributed by atoms with Gasteiger partial charge in [-0.25, -0.2) is 4.98 Å². The molecule has 2 aromatic heterocycles. The lowest BCUT2D eigenvalue weighted by atomic mass is 10.1. The van der Waals surface area contributed by atoms with E-state index in [-0.39, 0.29) is 21.8 Å². The quantitative estimate of drug-likeness (QED) is 0.616. The summed E-state index contributed by atoms with van der Waals surface area (Å²) in [6.45, 7) is 5.86. The van der Waals surface area contributed by atoms with Gasteiger partial charge in [0.15, 0.2) is 0 Å². The van der Waals surface area contributed by atoms with Crippen molar-refractivity contribution in [3.63, 3.8) is 0 Å². The van der Waals surface area contributed by atoms with Crippen LogP contribution in [0.15, 0.2) is 36.7 Å². The summed E-state index contributed by atoms with van der Waals surface area (Å²) in [5.74, 6) is 0.299. The number of pyridine rings is 2. The fraction of sp³-hybridized carbons (Fsp3) is 0.211. The summed E-state index contributed by atoms with van der Waals surface area (Å²) >= 11 is 12.1. The van der Waals surface area contributed by atoms with Crippen LogP contribution in [0.25, 0.3) is 10.9 Å². The van der Waals surface area contributed by atoms with Gasteiger partial charge in [0.25, 0.3) is 5.91 Å². The molecule has 0 saturated carbocycles. The number of nitrogens with zero attached hydrogens (tertiary/aromatic N) is 2. The van der Waals surface area contributed by atoms with Crippen LogP contribution < -0.4 is 10.1 Å². The summed E-state index contributed by atoms with van der Waals surface area (Å²) < 4.78 is 5.94. The van der Waals surface area contributed by atoms with Crippen molar-refractivity contribution in [2.75, 3.05) is 5.32 Å². The molecular weight excluding hydrogens is 373 g/mol. The number of carbonyl (C=O) groups is 1. The van der Waals surface area contributed by atoms with Crippen molar-refractivity contribution in [3.8, 4) is 5.75 Å². The number of anilines is 1. The fourth-order valence-electron chi connectivity index (χ4n) is 2.59. The molecule has 0 fully saturated rings. The zero-order valence-corrected chi connectivity index (χ0v) is 16.0. The number of amides is 1. The van der Waals surface area contributed by atoms with Crippen molar-refractivity contribution >= 4 is 45.7 Å². The highest BCUT2D eigenvalue weighted by Crippen LogP contribution is 2.33. The maximum Gasteiger partial charge on any atom is 0.260 e. The van der Waals surface area contributed by atoms with E-state index in [2.05, 4.69) is 15.3 Å². The van der Waals surface area contributed by atoms with Crippen LogP contribution in [0.2, 0.25) is 10.2 Å². The van der Waals surface area contributed by atoms with E-state index in [1.807, 2.05) is 32.9 Å². The molecule has 1 amide bonds. The Morgan fingerprint density at radius 3 is 2.65 bits per heavy atom. The molecular formula is C19H17Cl2N3O2. The molecule has 0 aliphatic carbocycles. The van der Waals surface area contributed by atoms with Crippen LogP contribution in [0.1, 0.15) is 29.8 Å². The van der Waals surface area contributed by atoms with E-state index in [0.717, 1.165) is 16.7 Å². The van der Waals surface area contributed by atoms with Gasteiger partial charge in [0.2, 0.25) is 0 Å². The minimum absolute atomic E-state index is 0.0190. The summed E-state index contributed by atoms with van der Waals surface area (Å²) in [5, 5.41) is 3.91. The van der Waals surface area contributed by atoms with Gasteiger partial charge in [-0.15, -0.1) is 0 Å². The molecule has 134 valence electrons. The average Bonchev–Trinajstić information content (AvgIpc) is 2.57. The van der Waals surface area contributed by atoms with Crippen LogP contribution in [0.5, 0.6) is 5.75 Å². The van der Waals surface area contributed by atoms with Crippen molar-refractivity contribution in [2.24, 2.45) is 0 Å². The van der Waals surface area contributed by atoms with Crippen molar-refractivity contribution < 1.29 is 9.53 Å². The number of ether oxygens (including phenoxy) is 1. The van der Waals surface area contributed by atoms with Gasteiger partial charge in [0.05, 0.1) is 27.9 Å². The number of fused-ring (bicyclic) bond motifs is 1. The molecule has 1 aromatic carbocycles. The Bertz CT molecular complexity index is 970. The van der Waals surface area contributed by atoms with Crippen molar-refractivity contribution in [1.29, 1.82) is 0 Å². The maximum atomic E-state index is 12.7. The van der Waals surface area contributed by atoms with Crippen LogP contribution in [0.4, 0.5) is 5.69 Å². The van der Waals surface area contributed by atoms with E-state index < -0.39 is 5.91 Å². The lowest BCUT2D eigenvalue weighted by molar-refractivity contribution is 0.102. The number of hydrogen-bond acceptors (Lipinski definition) is 4. The fourth-order valence-corrected chi connectivity index (χ4v) is 3.12. The zero-order valence-electron chi connectivity index (χ0n) is 14.5. The molecule has 0 spiro atoms. The molecule has 0 bridgehead atoms. The molecule has 0 aliphatic rings. The average molecular weight is 390 g/mol. The normalized spacial score (nSPS) is 11.0. The molecule has 5 nitrogen and oxygen atoms in total. The second kappa shape index (κ2) is 7.48. The van der Waals surface area contributed by atoms with E-state index in [4.69, 9.17) is 27.9 Å². The number of para-hydroxylation sites is 1. The Morgan fingerprint density at radius 1 is 1.19 bits per heavy atom. The zero-order chi connectivity index (χ0) is 18.8. The van der Waals surface area contributed by atoms with E-state index in [1.165, 1.54) is 12.3 Å². The first-order valence-corrected chi connectivity index (χ1v) is 8.80. The van der Waals surface area contributed by atoms with E-state index >= 15 is 0 Å². The molecule has 0 aliphatic heterocycles. The molecule has 0 unspecified atom stereocenters. The number of rotatable bonds is 4. The number of aryl methyl sites for hydroxylation is 1. The topological polar surface area (TPSA) is 64.1 Å². The highest BCUT2D eigenvalue weighted by molar-refractivity contribution is 6.39. The third-order valence-electron chi connectivity index (χ3n) is 3.71. The molecule has 3 aromatic rings. The second-order valence-corrected chi connectivity index (χ2v) is 6.82. The Hall–Kier alpha value is -2.37. The minimum Gasteiger partial charge on any atom is -0.490 e. The van der Waals surface area contributed by atoms with E-state index in [0.29, 0.717) is 11.2 Å². The Morgan fingerprint density at radius 2 is 1.96 bits per heavy atom. The van der Waals surface area contributed by atoms with Crippen molar-refractivity contribution in [3.05, 3.63) is 58.0 Å². The number of aromatic nitrogens is 2. The summed E-state index contributed by atoms with van der Waals surface area (Å²) in [5.41, 5.74) is 2.21. The van der Waals surface area contributed by atoms with Gasteiger partial charge >= 0.3 is 0 Å². The molecule has 0 atom stereocenters. The summed E-state index contributed by atoms with van der Waals surface area (Å²) in [7, 11) is 0. The molecule has 3 rings (SSSR count). The smallest absolute Gasteiger partial charge is 0.260 e. The molecule has 7 heteroatoms. The van der Waals surface area contributed by atoms with Crippen molar-refractivity contribution in [2.45, 2.75) is 26.9 Å². The second-order valence-electron chi connectivity index (χ2n) is 6.05. The predicted octanol–water partition coefficient (Wildman–Crippen LogP) is 5.28. The van der Waals surface area contributed by atoms with Gasteiger partial charge in [-0.05, 0) is 39.0 Å². The summed E-state index contributed by atoms with van der Waals surface area (Å²) in [6.07, 6.45) is 3.18. The van der Waals surface area contributed by atoms with Crippen molar-refractivity contribution in [1.82, 2.24) is 9.97 Å². The molecule has 2 heterocycles. The SMILES string of the molecule is Cc1cnc2c(NC(=O)c3c(Cl)ccnc3Cl)cccc2c1OC(C)C. The lowest BCUT2D eigenvalue weighted by Gasteiger charge is -2.16. The lowest BCUT2D eigenvalue weighted by Crippen LogP contribution is -2.14. The first kappa shape index (κ1) is 18.4. The molecule has 1 N–H and O–H groups in total. The Kier molecular flexibility index (Phi) is 5.30. The van der Waals surface area contributed by atoms with Gasteiger partial charge < -0.3 is 10.1 Å². The van der Waals surface area contributed by atoms with Gasteiger partial charge in [-0.1, -0.05) is 29.3 Å². The Balaban J connectivity index is 2.05. The van der Waals surface area contributed by atoms with E-state index in [9.17, 15) is 4.79 Å².